The molecule has 1 saturated heterocycles. The van der Waals surface area contributed by atoms with Gasteiger partial charge in [-0.1, -0.05) is 0 Å². The van der Waals surface area contributed by atoms with Gasteiger partial charge in [-0.25, -0.2) is 9.97 Å². The monoisotopic (exact) mass is 313 g/mol. The average Bonchev–Trinajstić information content (AvgIpc) is 2.40. The van der Waals surface area contributed by atoms with Gasteiger partial charge in [0, 0.05) is 31.9 Å². The normalized spacial score (nSPS) is 19.7. The molecular formula is C12H16BrN3O2. The summed E-state index contributed by atoms with van der Waals surface area (Å²) in [6.45, 7) is 1.76. The van der Waals surface area contributed by atoms with E-state index in [9.17, 15) is 4.79 Å². The molecule has 0 N–H and O–H groups in total. The number of anilines is 1. The number of carbonyl (C=O) groups excluding carboxylic acids is 1. The molecule has 1 aliphatic rings. The zero-order chi connectivity index (χ0) is 13.0. The van der Waals surface area contributed by atoms with Gasteiger partial charge < -0.3 is 9.64 Å². The van der Waals surface area contributed by atoms with Crippen LogP contribution < -0.4 is 4.90 Å². The summed E-state index contributed by atoms with van der Waals surface area (Å²) in [5.74, 6) is 0.921. The number of aromatic nitrogens is 2. The van der Waals surface area contributed by atoms with E-state index < -0.39 is 0 Å². The van der Waals surface area contributed by atoms with Gasteiger partial charge in [0.1, 0.15) is 0 Å². The molecule has 0 radical (unpaired) electrons. The van der Waals surface area contributed by atoms with Gasteiger partial charge in [0.05, 0.1) is 11.6 Å². The summed E-state index contributed by atoms with van der Waals surface area (Å²) < 4.78 is 5.58. The van der Waals surface area contributed by atoms with Crippen molar-refractivity contribution in [2.24, 2.45) is 5.92 Å². The number of nitrogens with zero attached hydrogens (tertiary/aromatic N) is 3. The van der Waals surface area contributed by atoms with E-state index >= 15 is 0 Å². The second-order valence-electron chi connectivity index (χ2n) is 4.44. The predicted molar refractivity (Wildman–Crippen MR) is 71.3 cm³/mol. The first-order chi connectivity index (χ1) is 8.69. The van der Waals surface area contributed by atoms with Crippen LogP contribution in [-0.2, 0) is 9.53 Å². The maximum absolute atomic E-state index is 11.3. The maximum atomic E-state index is 11.3. The first-order valence-corrected chi connectivity index (χ1v) is 6.77. The Labute approximate surface area is 115 Å². The maximum Gasteiger partial charge on any atom is 0.305 e. The molecule has 0 aliphatic carbocycles. The minimum atomic E-state index is -0.140. The number of methoxy groups -OCH3 is 1. The SMILES string of the molecule is COC(=O)CC1CCCN(c2ncc(Br)cn2)C1. The van der Waals surface area contributed by atoms with Gasteiger partial charge in [-0.15, -0.1) is 0 Å². The lowest BCUT2D eigenvalue weighted by atomic mass is 9.95. The third-order valence-electron chi connectivity index (χ3n) is 3.09. The lowest BCUT2D eigenvalue weighted by molar-refractivity contribution is -0.141. The quantitative estimate of drug-likeness (QED) is 0.799. The molecule has 1 aliphatic heterocycles. The molecule has 6 heteroatoms. The molecule has 5 nitrogen and oxygen atoms in total. The van der Waals surface area contributed by atoms with E-state index in [1.54, 1.807) is 12.4 Å². The number of hydrogen-bond donors (Lipinski definition) is 0. The fourth-order valence-electron chi connectivity index (χ4n) is 2.20. The largest absolute Gasteiger partial charge is 0.469 e. The van der Waals surface area contributed by atoms with Crippen LogP contribution in [0.1, 0.15) is 19.3 Å². The van der Waals surface area contributed by atoms with E-state index in [1.807, 2.05) is 0 Å². The molecule has 0 saturated carbocycles. The summed E-state index contributed by atoms with van der Waals surface area (Å²) >= 11 is 3.32. The first-order valence-electron chi connectivity index (χ1n) is 5.98. The highest BCUT2D eigenvalue weighted by atomic mass is 79.9. The number of halogens is 1. The van der Waals surface area contributed by atoms with Gasteiger partial charge in [-0.05, 0) is 34.7 Å². The van der Waals surface area contributed by atoms with Crippen molar-refractivity contribution in [3.63, 3.8) is 0 Å². The molecule has 0 bridgehead atoms. The first kappa shape index (κ1) is 13.3. The van der Waals surface area contributed by atoms with Crippen molar-refractivity contribution in [2.75, 3.05) is 25.1 Å². The Morgan fingerprint density at radius 3 is 2.94 bits per heavy atom. The molecule has 0 amide bonds. The third kappa shape index (κ3) is 3.41. The standard InChI is InChI=1S/C12H16BrN3O2/c1-18-11(17)5-9-3-2-4-16(8-9)12-14-6-10(13)7-15-12/h6-7,9H,2-5,8H2,1H3. The number of rotatable bonds is 3. The van der Waals surface area contributed by atoms with E-state index in [0.29, 0.717) is 12.3 Å². The van der Waals surface area contributed by atoms with E-state index in [-0.39, 0.29) is 5.97 Å². The summed E-state index contributed by atoms with van der Waals surface area (Å²) in [7, 11) is 1.43. The number of ether oxygens (including phenoxy) is 1. The van der Waals surface area contributed by atoms with Gasteiger partial charge in [0.2, 0.25) is 5.95 Å². The summed E-state index contributed by atoms with van der Waals surface area (Å²) in [5, 5.41) is 0. The Hall–Kier alpha value is -1.17. The zero-order valence-corrected chi connectivity index (χ0v) is 11.9. The Kier molecular flexibility index (Phi) is 4.52. The summed E-state index contributed by atoms with van der Waals surface area (Å²) in [6.07, 6.45) is 6.07. The molecule has 2 heterocycles. The lowest BCUT2D eigenvalue weighted by Gasteiger charge is -2.32. The van der Waals surface area contributed by atoms with Crippen molar-refractivity contribution in [1.29, 1.82) is 0 Å². The number of esters is 1. The van der Waals surface area contributed by atoms with Crippen molar-refractivity contribution in [3.8, 4) is 0 Å². The van der Waals surface area contributed by atoms with Crippen LogP contribution in [0, 0.1) is 5.92 Å². The van der Waals surface area contributed by atoms with Crippen LogP contribution >= 0.6 is 15.9 Å². The summed E-state index contributed by atoms with van der Waals surface area (Å²) in [6, 6.07) is 0. The van der Waals surface area contributed by atoms with Crippen molar-refractivity contribution in [2.45, 2.75) is 19.3 Å². The molecule has 1 atom stereocenters. The van der Waals surface area contributed by atoms with Crippen molar-refractivity contribution in [3.05, 3.63) is 16.9 Å². The van der Waals surface area contributed by atoms with Gasteiger partial charge >= 0.3 is 5.97 Å². The smallest absolute Gasteiger partial charge is 0.305 e. The van der Waals surface area contributed by atoms with Crippen LogP contribution in [0.2, 0.25) is 0 Å². The minimum Gasteiger partial charge on any atom is -0.469 e. The molecule has 2 rings (SSSR count). The second kappa shape index (κ2) is 6.13. The van der Waals surface area contributed by atoms with Crippen molar-refractivity contribution < 1.29 is 9.53 Å². The number of hydrogen-bond acceptors (Lipinski definition) is 5. The fraction of sp³-hybridized carbons (Fsp3) is 0.583. The van der Waals surface area contributed by atoms with Gasteiger partial charge in [0.15, 0.2) is 0 Å². The fourth-order valence-corrected chi connectivity index (χ4v) is 2.41. The topological polar surface area (TPSA) is 55.3 Å². The molecule has 18 heavy (non-hydrogen) atoms. The van der Waals surface area contributed by atoms with Gasteiger partial charge in [0.25, 0.3) is 0 Å². The van der Waals surface area contributed by atoms with Crippen LogP contribution in [0.4, 0.5) is 5.95 Å². The minimum absolute atomic E-state index is 0.140. The Morgan fingerprint density at radius 1 is 1.56 bits per heavy atom. The molecule has 1 unspecified atom stereocenters. The summed E-state index contributed by atoms with van der Waals surface area (Å²) in [5.41, 5.74) is 0. The molecule has 1 aromatic rings. The molecule has 0 spiro atoms. The highest BCUT2D eigenvalue weighted by Crippen LogP contribution is 2.23. The van der Waals surface area contributed by atoms with E-state index in [2.05, 4.69) is 30.8 Å². The van der Waals surface area contributed by atoms with Crippen LogP contribution in [-0.4, -0.2) is 36.1 Å². The molecule has 0 aromatic carbocycles. The molecule has 98 valence electrons. The van der Waals surface area contributed by atoms with E-state index in [1.165, 1.54) is 7.11 Å². The highest BCUT2D eigenvalue weighted by Gasteiger charge is 2.23. The van der Waals surface area contributed by atoms with Crippen LogP contribution in [0.5, 0.6) is 0 Å². The second-order valence-corrected chi connectivity index (χ2v) is 5.35. The predicted octanol–water partition coefficient (Wildman–Crippen LogP) is 2.02. The van der Waals surface area contributed by atoms with Gasteiger partial charge in [-0.2, -0.15) is 0 Å². The van der Waals surface area contributed by atoms with E-state index in [4.69, 9.17) is 4.74 Å². The summed E-state index contributed by atoms with van der Waals surface area (Å²) in [4.78, 5) is 22.0. The van der Waals surface area contributed by atoms with Gasteiger partial charge in [-0.3, -0.25) is 4.79 Å². The Bertz CT molecular complexity index is 410. The molecular weight excluding hydrogens is 298 g/mol. The van der Waals surface area contributed by atoms with Crippen molar-refractivity contribution >= 4 is 27.8 Å². The van der Waals surface area contributed by atoms with Crippen LogP contribution in [0.3, 0.4) is 0 Å². The lowest BCUT2D eigenvalue weighted by Crippen LogP contribution is -2.37. The van der Waals surface area contributed by atoms with Crippen molar-refractivity contribution in [1.82, 2.24) is 9.97 Å². The van der Waals surface area contributed by atoms with Crippen LogP contribution in [0.15, 0.2) is 16.9 Å². The Balaban J connectivity index is 1.98. The Morgan fingerprint density at radius 2 is 2.28 bits per heavy atom. The molecule has 1 aromatic heterocycles. The highest BCUT2D eigenvalue weighted by molar-refractivity contribution is 9.10. The number of carbonyl (C=O) groups is 1. The zero-order valence-electron chi connectivity index (χ0n) is 10.3. The number of piperidine rings is 1. The van der Waals surface area contributed by atoms with E-state index in [0.717, 1.165) is 36.4 Å². The third-order valence-corrected chi connectivity index (χ3v) is 3.50. The molecule has 1 fully saturated rings. The van der Waals surface area contributed by atoms with Crippen LogP contribution in [0.25, 0.3) is 0 Å². The average molecular weight is 314 g/mol.